The van der Waals surface area contributed by atoms with Crippen LogP contribution in [-0.2, 0) is 4.79 Å². The highest BCUT2D eigenvalue weighted by atomic mass is 16.4. The second-order valence-electron chi connectivity index (χ2n) is 4.86. The molecule has 0 spiro atoms. The minimum atomic E-state index is -1.55. The number of hydrogen-bond donors (Lipinski definition) is 1. The van der Waals surface area contributed by atoms with Gasteiger partial charge in [-0.15, -0.1) is 0 Å². The monoisotopic (exact) mass is 247 g/mol. The van der Waals surface area contributed by atoms with Crippen molar-refractivity contribution in [2.24, 2.45) is 0 Å². The fourth-order valence-corrected chi connectivity index (χ4v) is 1.96. The predicted octanol–water partition coefficient (Wildman–Crippen LogP) is 1.45. The summed E-state index contributed by atoms with van der Waals surface area (Å²) in [4.78, 5) is 36.2. The van der Waals surface area contributed by atoms with Crippen molar-refractivity contribution in [3.8, 4) is 0 Å². The largest absolute Gasteiger partial charge is 0.480 e. The lowest BCUT2D eigenvalue weighted by molar-refractivity contribution is -0.146. The van der Waals surface area contributed by atoms with Crippen molar-refractivity contribution in [3.05, 3.63) is 34.9 Å². The van der Waals surface area contributed by atoms with Crippen LogP contribution < -0.4 is 0 Å². The summed E-state index contributed by atoms with van der Waals surface area (Å²) in [6.45, 7) is 4.48. The Morgan fingerprint density at radius 3 is 2.28 bits per heavy atom. The molecule has 0 fully saturated rings. The number of carboxylic acid groups (broad SMARTS) is 1. The molecule has 94 valence electrons. The van der Waals surface area contributed by atoms with E-state index in [4.69, 9.17) is 5.11 Å². The molecule has 5 heteroatoms. The molecule has 1 aromatic rings. The molecular weight excluding hydrogens is 234 g/mol. The molecule has 0 unspecified atom stereocenters. The van der Waals surface area contributed by atoms with E-state index in [2.05, 4.69) is 0 Å². The number of rotatable bonds is 2. The Morgan fingerprint density at radius 1 is 1.17 bits per heavy atom. The third kappa shape index (κ3) is 1.51. The van der Waals surface area contributed by atoms with Crippen molar-refractivity contribution in [2.75, 3.05) is 0 Å². The van der Waals surface area contributed by atoms with Gasteiger partial charge < -0.3 is 5.11 Å². The molecule has 0 aliphatic carbocycles. The summed E-state index contributed by atoms with van der Waals surface area (Å²) < 4.78 is 0. The van der Waals surface area contributed by atoms with Gasteiger partial charge in [-0.25, -0.2) is 4.79 Å². The van der Waals surface area contributed by atoms with Gasteiger partial charge in [-0.2, -0.15) is 0 Å². The van der Waals surface area contributed by atoms with E-state index < -0.39 is 23.3 Å². The Balaban J connectivity index is 2.56. The van der Waals surface area contributed by atoms with Gasteiger partial charge in [0.05, 0.1) is 11.1 Å². The first-order valence-electron chi connectivity index (χ1n) is 5.49. The molecule has 1 N–H and O–H groups in total. The molecule has 18 heavy (non-hydrogen) atoms. The second kappa shape index (κ2) is 3.66. The number of aliphatic carboxylic acids is 1. The van der Waals surface area contributed by atoms with Gasteiger partial charge in [0.2, 0.25) is 0 Å². The van der Waals surface area contributed by atoms with Gasteiger partial charge in [-0.3, -0.25) is 14.5 Å². The smallest absolute Gasteiger partial charge is 0.329 e. The first kappa shape index (κ1) is 12.3. The highest BCUT2D eigenvalue weighted by Gasteiger charge is 2.48. The molecule has 2 rings (SSSR count). The number of imide groups is 1. The number of benzene rings is 1. The molecule has 0 saturated carbocycles. The van der Waals surface area contributed by atoms with Crippen LogP contribution in [0.5, 0.6) is 0 Å². The molecule has 1 aliphatic rings. The van der Waals surface area contributed by atoms with Gasteiger partial charge in [0.15, 0.2) is 0 Å². The third-order valence-corrected chi connectivity index (χ3v) is 3.12. The van der Waals surface area contributed by atoms with Crippen molar-refractivity contribution in [1.82, 2.24) is 4.90 Å². The molecule has 2 amide bonds. The maximum atomic E-state index is 12.2. The van der Waals surface area contributed by atoms with Crippen molar-refractivity contribution < 1.29 is 19.5 Å². The molecular formula is C13H13NO4. The number of aryl methyl sites for hydroxylation is 1. The number of fused-ring (bicyclic) bond motifs is 1. The number of carbonyl (C=O) groups excluding carboxylic acids is 2. The minimum absolute atomic E-state index is 0.264. The van der Waals surface area contributed by atoms with Crippen LogP contribution in [0.15, 0.2) is 18.2 Å². The summed E-state index contributed by atoms with van der Waals surface area (Å²) in [5, 5.41) is 9.12. The van der Waals surface area contributed by atoms with E-state index >= 15 is 0 Å². The maximum Gasteiger partial charge on any atom is 0.329 e. The van der Waals surface area contributed by atoms with E-state index in [9.17, 15) is 14.4 Å². The molecule has 0 saturated heterocycles. The Hall–Kier alpha value is -2.17. The summed E-state index contributed by atoms with van der Waals surface area (Å²) in [7, 11) is 0. The van der Waals surface area contributed by atoms with Crippen LogP contribution in [-0.4, -0.2) is 33.3 Å². The SMILES string of the molecule is Cc1ccc2c(c1)C(=O)N(C(C)(C)C(=O)O)C2=O. The quantitative estimate of drug-likeness (QED) is 0.803. The summed E-state index contributed by atoms with van der Waals surface area (Å²) in [5.74, 6) is -2.32. The summed E-state index contributed by atoms with van der Waals surface area (Å²) in [6.07, 6.45) is 0. The van der Waals surface area contributed by atoms with Gasteiger partial charge >= 0.3 is 5.97 Å². The zero-order valence-electron chi connectivity index (χ0n) is 10.4. The van der Waals surface area contributed by atoms with Gasteiger partial charge in [-0.05, 0) is 32.9 Å². The summed E-state index contributed by atoms with van der Waals surface area (Å²) >= 11 is 0. The predicted molar refractivity (Wildman–Crippen MR) is 63.4 cm³/mol. The maximum absolute atomic E-state index is 12.2. The standard InChI is InChI=1S/C13H13NO4/c1-7-4-5-8-9(6-7)11(16)14(10(8)15)13(2,3)12(17)18/h4-6H,1-3H3,(H,17,18). The van der Waals surface area contributed by atoms with Crippen LogP contribution in [0.1, 0.15) is 40.1 Å². The fraction of sp³-hybridized carbons (Fsp3) is 0.308. The van der Waals surface area contributed by atoms with Crippen LogP contribution >= 0.6 is 0 Å². The molecule has 5 nitrogen and oxygen atoms in total. The van der Waals surface area contributed by atoms with E-state index in [1.807, 2.05) is 6.92 Å². The molecule has 0 atom stereocenters. The number of carbonyl (C=O) groups is 3. The third-order valence-electron chi connectivity index (χ3n) is 3.12. The minimum Gasteiger partial charge on any atom is -0.480 e. The van der Waals surface area contributed by atoms with Crippen molar-refractivity contribution in [1.29, 1.82) is 0 Å². The van der Waals surface area contributed by atoms with Gasteiger partial charge in [-0.1, -0.05) is 11.6 Å². The van der Waals surface area contributed by atoms with Gasteiger partial charge in [0, 0.05) is 0 Å². The Labute approximate surface area is 104 Å². The van der Waals surface area contributed by atoms with Crippen LogP contribution in [0.4, 0.5) is 0 Å². The van der Waals surface area contributed by atoms with Crippen molar-refractivity contribution in [2.45, 2.75) is 26.3 Å². The molecule has 0 aromatic heterocycles. The Morgan fingerprint density at radius 2 is 1.72 bits per heavy atom. The zero-order valence-corrected chi connectivity index (χ0v) is 10.4. The normalized spacial score (nSPS) is 14.9. The number of hydrogen-bond acceptors (Lipinski definition) is 3. The molecule has 1 aromatic carbocycles. The number of carboxylic acids is 1. The van der Waals surface area contributed by atoms with E-state index in [0.717, 1.165) is 10.5 Å². The number of amides is 2. The van der Waals surface area contributed by atoms with Crippen LogP contribution in [0.2, 0.25) is 0 Å². The average Bonchev–Trinajstić information content (AvgIpc) is 2.51. The van der Waals surface area contributed by atoms with Gasteiger partial charge in [0.1, 0.15) is 5.54 Å². The van der Waals surface area contributed by atoms with Crippen LogP contribution in [0, 0.1) is 6.92 Å². The Bertz CT molecular complexity index is 574. The van der Waals surface area contributed by atoms with Crippen molar-refractivity contribution in [3.63, 3.8) is 0 Å². The molecule has 0 radical (unpaired) electrons. The van der Waals surface area contributed by atoms with Crippen LogP contribution in [0.25, 0.3) is 0 Å². The summed E-state index contributed by atoms with van der Waals surface area (Å²) in [6, 6.07) is 4.89. The lowest BCUT2D eigenvalue weighted by Crippen LogP contribution is -2.52. The van der Waals surface area contributed by atoms with E-state index in [1.54, 1.807) is 18.2 Å². The molecule has 1 aliphatic heterocycles. The first-order chi connectivity index (χ1) is 8.26. The highest BCUT2D eigenvalue weighted by molar-refractivity contribution is 6.23. The number of nitrogens with zero attached hydrogens (tertiary/aromatic N) is 1. The van der Waals surface area contributed by atoms with Crippen molar-refractivity contribution >= 4 is 17.8 Å². The topological polar surface area (TPSA) is 74.7 Å². The zero-order chi connectivity index (χ0) is 13.7. The van der Waals surface area contributed by atoms with E-state index in [-0.39, 0.29) is 11.1 Å². The Kier molecular flexibility index (Phi) is 2.50. The fourth-order valence-electron chi connectivity index (χ4n) is 1.96. The lowest BCUT2D eigenvalue weighted by atomic mass is 10.0. The molecule has 1 heterocycles. The van der Waals surface area contributed by atoms with Crippen LogP contribution in [0.3, 0.4) is 0 Å². The van der Waals surface area contributed by atoms with Gasteiger partial charge in [0.25, 0.3) is 11.8 Å². The first-order valence-corrected chi connectivity index (χ1v) is 5.49. The lowest BCUT2D eigenvalue weighted by Gasteiger charge is -2.29. The summed E-state index contributed by atoms with van der Waals surface area (Å²) in [5.41, 5.74) is -0.166. The van der Waals surface area contributed by atoms with E-state index in [1.165, 1.54) is 13.8 Å². The van der Waals surface area contributed by atoms with E-state index in [0.29, 0.717) is 0 Å². The molecule has 0 bridgehead atoms. The highest BCUT2D eigenvalue weighted by Crippen LogP contribution is 2.30. The second-order valence-corrected chi connectivity index (χ2v) is 4.86. The average molecular weight is 247 g/mol.